The number of carbonyl (C=O) groups excluding carboxylic acids is 2. The molecule has 168 valence electrons. The molecular formula is C22H31N5O4. The van der Waals surface area contributed by atoms with Crippen LogP contribution in [0.3, 0.4) is 0 Å². The van der Waals surface area contributed by atoms with Gasteiger partial charge in [-0.15, -0.1) is 0 Å². The summed E-state index contributed by atoms with van der Waals surface area (Å²) < 4.78 is 12.7. The smallest absolute Gasteiger partial charge is 0.409 e. The van der Waals surface area contributed by atoms with E-state index in [-0.39, 0.29) is 12.1 Å². The molecule has 0 radical (unpaired) electrons. The summed E-state index contributed by atoms with van der Waals surface area (Å²) in [5.41, 5.74) is 1.94. The van der Waals surface area contributed by atoms with Gasteiger partial charge in [-0.3, -0.25) is 4.90 Å². The van der Waals surface area contributed by atoms with E-state index < -0.39 is 0 Å². The fraction of sp³-hybridized carbons (Fsp3) is 0.545. The van der Waals surface area contributed by atoms with Gasteiger partial charge < -0.3 is 29.2 Å². The molecule has 2 aliphatic rings. The summed E-state index contributed by atoms with van der Waals surface area (Å²) >= 11 is 0. The van der Waals surface area contributed by atoms with Gasteiger partial charge in [-0.1, -0.05) is 0 Å². The van der Waals surface area contributed by atoms with Gasteiger partial charge in [-0.05, 0) is 31.2 Å². The molecule has 9 nitrogen and oxygen atoms in total. The fourth-order valence-corrected chi connectivity index (χ4v) is 4.06. The van der Waals surface area contributed by atoms with Gasteiger partial charge in [0.1, 0.15) is 0 Å². The van der Waals surface area contributed by atoms with Crippen molar-refractivity contribution >= 4 is 28.7 Å². The van der Waals surface area contributed by atoms with Crippen LogP contribution in [0.15, 0.2) is 30.5 Å². The number of hydrogen-bond acceptors (Lipinski definition) is 5. The average molecular weight is 430 g/mol. The minimum absolute atomic E-state index is 0.144. The minimum Gasteiger partial charge on any atom is -0.450 e. The molecule has 0 unspecified atom stereocenters. The van der Waals surface area contributed by atoms with E-state index in [1.165, 1.54) is 0 Å². The summed E-state index contributed by atoms with van der Waals surface area (Å²) in [6.45, 7) is 9.63. The number of nitrogens with zero attached hydrogens (tertiary/aromatic N) is 4. The first-order chi connectivity index (χ1) is 15.1. The fourth-order valence-electron chi connectivity index (χ4n) is 4.06. The number of urea groups is 1. The van der Waals surface area contributed by atoms with Gasteiger partial charge >= 0.3 is 12.1 Å². The molecule has 0 atom stereocenters. The molecule has 1 N–H and O–H groups in total. The van der Waals surface area contributed by atoms with Crippen molar-refractivity contribution in [3.8, 4) is 0 Å². The lowest BCUT2D eigenvalue weighted by atomic mass is 10.2. The van der Waals surface area contributed by atoms with Gasteiger partial charge in [0.15, 0.2) is 0 Å². The lowest BCUT2D eigenvalue weighted by Gasteiger charge is -2.34. The van der Waals surface area contributed by atoms with Gasteiger partial charge in [0.25, 0.3) is 0 Å². The number of ether oxygens (including phenoxy) is 2. The molecule has 31 heavy (non-hydrogen) atoms. The Morgan fingerprint density at radius 1 is 1.00 bits per heavy atom. The van der Waals surface area contributed by atoms with Crippen molar-refractivity contribution in [3.63, 3.8) is 0 Å². The molecule has 0 saturated carbocycles. The number of rotatable bonds is 5. The quantitative estimate of drug-likeness (QED) is 0.789. The van der Waals surface area contributed by atoms with Crippen molar-refractivity contribution in [3.05, 3.63) is 30.5 Å². The van der Waals surface area contributed by atoms with Crippen molar-refractivity contribution in [2.75, 3.05) is 71.0 Å². The molecule has 0 aliphatic carbocycles. The molecule has 0 bridgehead atoms. The second-order valence-electron chi connectivity index (χ2n) is 7.84. The first-order valence-corrected chi connectivity index (χ1v) is 11.0. The standard InChI is InChI=1S/C22H31N5O4/c1-2-31-22(29)27-11-9-26(10-12-27)21(28)23-19-3-4-20-18(17-19)5-6-25(20)8-7-24-13-15-30-16-14-24/h3-6,17H,2,7-16H2,1H3,(H,23,28). The Bertz CT molecular complexity index is 900. The van der Waals surface area contributed by atoms with E-state index in [9.17, 15) is 9.59 Å². The predicted molar refractivity (Wildman–Crippen MR) is 118 cm³/mol. The van der Waals surface area contributed by atoms with E-state index in [2.05, 4.69) is 33.1 Å². The number of amides is 3. The molecule has 3 amide bonds. The van der Waals surface area contributed by atoms with E-state index in [4.69, 9.17) is 9.47 Å². The molecule has 2 aliphatic heterocycles. The minimum atomic E-state index is -0.314. The van der Waals surface area contributed by atoms with Crippen LogP contribution in [-0.2, 0) is 16.0 Å². The van der Waals surface area contributed by atoms with Crippen LogP contribution in [-0.4, -0.2) is 97.0 Å². The number of hydrogen-bond donors (Lipinski definition) is 1. The molecule has 0 spiro atoms. The summed E-state index contributed by atoms with van der Waals surface area (Å²) in [6, 6.07) is 7.95. The monoisotopic (exact) mass is 429 g/mol. The molecule has 2 fully saturated rings. The summed E-state index contributed by atoms with van der Waals surface area (Å²) in [5, 5.41) is 4.09. The Kier molecular flexibility index (Phi) is 6.93. The zero-order chi connectivity index (χ0) is 21.6. The highest BCUT2D eigenvalue weighted by atomic mass is 16.6. The van der Waals surface area contributed by atoms with Crippen LogP contribution in [0.1, 0.15) is 6.92 Å². The number of morpholine rings is 1. The average Bonchev–Trinajstić information content (AvgIpc) is 3.21. The first-order valence-electron chi connectivity index (χ1n) is 11.0. The number of piperazine rings is 1. The molecule has 3 heterocycles. The zero-order valence-corrected chi connectivity index (χ0v) is 18.1. The summed E-state index contributed by atoms with van der Waals surface area (Å²) in [4.78, 5) is 30.2. The number of fused-ring (bicyclic) bond motifs is 1. The Balaban J connectivity index is 1.31. The number of nitrogens with one attached hydrogen (secondary N) is 1. The van der Waals surface area contributed by atoms with Crippen LogP contribution in [0, 0.1) is 0 Å². The second-order valence-corrected chi connectivity index (χ2v) is 7.84. The highest BCUT2D eigenvalue weighted by Gasteiger charge is 2.25. The second kappa shape index (κ2) is 10.0. The molecule has 2 aromatic rings. The van der Waals surface area contributed by atoms with Crippen molar-refractivity contribution in [2.24, 2.45) is 0 Å². The summed E-state index contributed by atoms with van der Waals surface area (Å²) in [6.07, 6.45) is 1.79. The predicted octanol–water partition coefficient (Wildman–Crippen LogP) is 2.28. The van der Waals surface area contributed by atoms with Gasteiger partial charge in [-0.2, -0.15) is 0 Å². The van der Waals surface area contributed by atoms with Gasteiger partial charge in [0.2, 0.25) is 0 Å². The third-order valence-electron chi connectivity index (χ3n) is 5.88. The van der Waals surface area contributed by atoms with E-state index in [1.54, 1.807) is 16.7 Å². The lowest BCUT2D eigenvalue weighted by Crippen LogP contribution is -2.51. The molecule has 4 rings (SSSR count). The molecule has 9 heteroatoms. The normalized spacial score (nSPS) is 17.7. The van der Waals surface area contributed by atoms with Gasteiger partial charge in [0.05, 0.1) is 19.8 Å². The summed E-state index contributed by atoms with van der Waals surface area (Å²) in [7, 11) is 0. The Labute approximate surface area is 182 Å². The van der Waals surface area contributed by atoms with Crippen LogP contribution in [0.5, 0.6) is 0 Å². The highest BCUT2D eigenvalue weighted by molar-refractivity contribution is 5.93. The van der Waals surface area contributed by atoms with Crippen LogP contribution in [0.2, 0.25) is 0 Å². The van der Waals surface area contributed by atoms with E-state index in [0.717, 1.165) is 56.0 Å². The number of benzene rings is 1. The third-order valence-corrected chi connectivity index (χ3v) is 5.88. The Morgan fingerprint density at radius 3 is 2.48 bits per heavy atom. The maximum atomic E-state index is 12.6. The topological polar surface area (TPSA) is 79.3 Å². The lowest BCUT2D eigenvalue weighted by molar-refractivity contribution is 0.0365. The highest BCUT2D eigenvalue weighted by Crippen LogP contribution is 2.21. The number of anilines is 1. The molecule has 1 aromatic carbocycles. The third kappa shape index (κ3) is 5.29. The van der Waals surface area contributed by atoms with Gasteiger partial charge in [-0.25, -0.2) is 9.59 Å². The largest absolute Gasteiger partial charge is 0.450 e. The van der Waals surface area contributed by atoms with E-state index in [0.29, 0.717) is 32.8 Å². The maximum absolute atomic E-state index is 12.6. The Morgan fingerprint density at radius 2 is 1.74 bits per heavy atom. The van der Waals surface area contributed by atoms with Crippen LogP contribution >= 0.6 is 0 Å². The summed E-state index contributed by atoms with van der Waals surface area (Å²) in [5.74, 6) is 0. The van der Waals surface area contributed by atoms with Crippen molar-refractivity contribution in [1.82, 2.24) is 19.3 Å². The molecular weight excluding hydrogens is 398 g/mol. The van der Waals surface area contributed by atoms with Crippen LogP contribution in [0.25, 0.3) is 10.9 Å². The number of aromatic nitrogens is 1. The Hall–Kier alpha value is -2.78. The molecule has 2 saturated heterocycles. The van der Waals surface area contributed by atoms with Crippen molar-refractivity contribution in [2.45, 2.75) is 13.5 Å². The maximum Gasteiger partial charge on any atom is 0.409 e. The van der Waals surface area contributed by atoms with Gasteiger partial charge in [0, 0.05) is 75.1 Å². The first kappa shape index (κ1) is 21.5. The van der Waals surface area contributed by atoms with Crippen molar-refractivity contribution in [1.29, 1.82) is 0 Å². The van der Waals surface area contributed by atoms with Crippen LogP contribution < -0.4 is 5.32 Å². The molecule has 1 aromatic heterocycles. The zero-order valence-electron chi connectivity index (χ0n) is 18.1. The van der Waals surface area contributed by atoms with E-state index >= 15 is 0 Å². The van der Waals surface area contributed by atoms with Crippen molar-refractivity contribution < 1.29 is 19.1 Å². The van der Waals surface area contributed by atoms with E-state index in [1.807, 2.05) is 12.1 Å². The number of carbonyl (C=O) groups is 2. The SMILES string of the molecule is CCOC(=O)N1CCN(C(=O)Nc2ccc3c(ccn3CCN3CCOCC3)c2)CC1. The van der Waals surface area contributed by atoms with Crippen LogP contribution in [0.4, 0.5) is 15.3 Å².